The number of hydrogen-bond acceptors (Lipinski definition) is 8. The van der Waals surface area contributed by atoms with Crippen molar-refractivity contribution >= 4 is 29.4 Å². The Balaban J connectivity index is 1.64. The van der Waals surface area contributed by atoms with Crippen LogP contribution in [0.25, 0.3) is 11.8 Å². The minimum atomic E-state index is -0.775. The molecule has 0 amide bonds. The molecule has 0 N–H and O–H groups in total. The number of carbonyl (C=O) groups excluding carboxylic acids is 2. The summed E-state index contributed by atoms with van der Waals surface area (Å²) in [5.74, 6) is -0.296. The van der Waals surface area contributed by atoms with Gasteiger partial charge in [-0.2, -0.15) is 0 Å². The highest BCUT2D eigenvalue weighted by molar-refractivity contribution is 7.07. The molecule has 1 atom stereocenters. The number of hydrogen-bond donors (Lipinski definition) is 0. The lowest BCUT2D eigenvalue weighted by atomic mass is 9.95. The molecule has 0 saturated carbocycles. The van der Waals surface area contributed by atoms with Crippen LogP contribution < -0.4 is 19.6 Å². The van der Waals surface area contributed by atoms with E-state index in [0.717, 1.165) is 22.6 Å². The van der Waals surface area contributed by atoms with Crippen molar-refractivity contribution in [2.24, 2.45) is 4.99 Å². The zero-order chi connectivity index (χ0) is 32.4. The van der Waals surface area contributed by atoms with E-state index in [1.807, 2.05) is 76.2 Å². The Kier molecular flexibility index (Phi) is 9.24. The predicted octanol–water partition coefficient (Wildman–Crippen LogP) is 5.17. The van der Waals surface area contributed by atoms with Gasteiger partial charge in [-0.25, -0.2) is 14.6 Å². The predicted molar refractivity (Wildman–Crippen MR) is 174 cm³/mol. The van der Waals surface area contributed by atoms with Crippen LogP contribution in [0.3, 0.4) is 0 Å². The zero-order valence-electron chi connectivity index (χ0n) is 26.5. The third-order valence-electron chi connectivity index (χ3n) is 7.49. The van der Waals surface area contributed by atoms with E-state index in [-0.39, 0.29) is 24.2 Å². The highest BCUT2D eigenvalue weighted by atomic mass is 32.1. The first-order chi connectivity index (χ1) is 21.5. The molecule has 2 aromatic carbocycles. The van der Waals surface area contributed by atoms with Crippen molar-refractivity contribution in [1.82, 2.24) is 9.13 Å². The largest absolute Gasteiger partial charge is 0.491 e. The number of fused-ring (bicyclic) bond motifs is 1. The first-order valence-electron chi connectivity index (χ1n) is 15.0. The van der Waals surface area contributed by atoms with Crippen molar-refractivity contribution < 1.29 is 23.8 Å². The van der Waals surface area contributed by atoms with Crippen molar-refractivity contribution in [3.63, 3.8) is 0 Å². The fourth-order valence-electron chi connectivity index (χ4n) is 5.59. The van der Waals surface area contributed by atoms with E-state index >= 15 is 0 Å². The molecule has 45 heavy (non-hydrogen) atoms. The lowest BCUT2D eigenvalue weighted by Gasteiger charge is -2.26. The molecule has 234 valence electrons. The average molecular weight is 628 g/mol. The number of carbonyl (C=O) groups is 2. The van der Waals surface area contributed by atoms with Crippen LogP contribution in [-0.4, -0.2) is 40.4 Å². The van der Waals surface area contributed by atoms with Crippen LogP contribution >= 0.6 is 11.3 Å². The molecule has 10 heteroatoms. The topological polar surface area (TPSA) is 101 Å². The normalized spacial score (nSPS) is 14.8. The van der Waals surface area contributed by atoms with Gasteiger partial charge >= 0.3 is 11.9 Å². The summed E-state index contributed by atoms with van der Waals surface area (Å²) in [5.41, 5.74) is 5.35. The number of ether oxygens (including phenoxy) is 3. The number of thiazole rings is 1. The van der Waals surface area contributed by atoms with Gasteiger partial charge in [0.1, 0.15) is 11.8 Å². The summed E-state index contributed by atoms with van der Waals surface area (Å²) < 4.78 is 20.8. The van der Waals surface area contributed by atoms with Crippen molar-refractivity contribution in [1.29, 1.82) is 0 Å². The summed E-state index contributed by atoms with van der Waals surface area (Å²) in [5, 5.41) is 0. The van der Waals surface area contributed by atoms with E-state index in [0.29, 0.717) is 44.1 Å². The highest BCUT2D eigenvalue weighted by Gasteiger charge is 2.35. The molecule has 1 aliphatic heterocycles. The number of aryl methyl sites for hydroxylation is 1. The van der Waals surface area contributed by atoms with E-state index in [2.05, 4.69) is 4.57 Å². The van der Waals surface area contributed by atoms with Crippen molar-refractivity contribution in [2.45, 2.75) is 60.6 Å². The van der Waals surface area contributed by atoms with E-state index in [4.69, 9.17) is 19.2 Å². The van der Waals surface area contributed by atoms with E-state index in [9.17, 15) is 14.4 Å². The Morgan fingerprint density at radius 1 is 0.978 bits per heavy atom. The second-order valence-corrected chi connectivity index (χ2v) is 11.9. The maximum Gasteiger partial charge on any atom is 0.338 e. The van der Waals surface area contributed by atoms with Crippen LogP contribution in [0, 0.1) is 13.8 Å². The molecule has 4 aromatic rings. The van der Waals surface area contributed by atoms with Crippen LogP contribution in [0.15, 0.2) is 75.7 Å². The van der Waals surface area contributed by atoms with Gasteiger partial charge in [0.25, 0.3) is 5.56 Å². The third kappa shape index (κ3) is 6.15. The minimum absolute atomic E-state index is 0.116. The van der Waals surface area contributed by atoms with Crippen LogP contribution in [0.1, 0.15) is 73.5 Å². The summed E-state index contributed by atoms with van der Waals surface area (Å²) in [6, 6.07) is 15.9. The van der Waals surface area contributed by atoms with Gasteiger partial charge in [-0.1, -0.05) is 29.5 Å². The number of aromatic nitrogens is 2. The second kappa shape index (κ2) is 13.1. The first-order valence-corrected chi connectivity index (χ1v) is 15.8. The molecule has 2 aromatic heterocycles. The number of allylic oxidation sites excluding steroid dienone is 1. The molecule has 1 aliphatic rings. The van der Waals surface area contributed by atoms with E-state index in [1.165, 1.54) is 11.3 Å². The van der Waals surface area contributed by atoms with Crippen LogP contribution in [0.4, 0.5) is 0 Å². The number of para-hydroxylation sites is 1. The molecule has 0 spiro atoms. The summed E-state index contributed by atoms with van der Waals surface area (Å²) in [6.45, 7) is 13.6. The summed E-state index contributed by atoms with van der Waals surface area (Å²) in [6.07, 6.45) is 1.75. The molecule has 0 fully saturated rings. The fraction of sp³-hybridized carbons (Fsp3) is 0.314. The summed E-state index contributed by atoms with van der Waals surface area (Å²) in [7, 11) is 0. The van der Waals surface area contributed by atoms with Crippen LogP contribution in [-0.2, 0) is 14.3 Å². The molecule has 0 aliphatic carbocycles. The van der Waals surface area contributed by atoms with Crippen LogP contribution in [0.5, 0.6) is 5.75 Å². The molecule has 0 radical (unpaired) electrons. The van der Waals surface area contributed by atoms with Crippen molar-refractivity contribution in [2.75, 3.05) is 13.2 Å². The molecule has 9 nitrogen and oxygen atoms in total. The third-order valence-corrected chi connectivity index (χ3v) is 8.47. The van der Waals surface area contributed by atoms with Crippen molar-refractivity contribution in [3.05, 3.63) is 114 Å². The lowest BCUT2D eigenvalue weighted by Crippen LogP contribution is -2.40. The minimum Gasteiger partial charge on any atom is -0.491 e. The second-order valence-electron chi connectivity index (χ2n) is 10.9. The maximum absolute atomic E-state index is 14.2. The lowest BCUT2D eigenvalue weighted by molar-refractivity contribution is -0.139. The number of esters is 2. The Morgan fingerprint density at radius 3 is 2.31 bits per heavy atom. The van der Waals surface area contributed by atoms with Crippen LogP contribution in [0.2, 0.25) is 0 Å². The van der Waals surface area contributed by atoms with E-state index < -0.39 is 12.0 Å². The molecule has 0 saturated heterocycles. The molecule has 3 heterocycles. The first kappa shape index (κ1) is 31.7. The average Bonchev–Trinajstić information content (AvgIpc) is 3.46. The number of rotatable bonds is 9. The van der Waals surface area contributed by atoms with Gasteiger partial charge in [0.2, 0.25) is 0 Å². The van der Waals surface area contributed by atoms with Gasteiger partial charge in [0.05, 0.1) is 40.7 Å². The number of nitrogens with zero attached hydrogens (tertiary/aromatic N) is 3. The van der Waals surface area contributed by atoms with Gasteiger partial charge in [0.15, 0.2) is 4.80 Å². The van der Waals surface area contributed by atoms with Crippen molar-refractivity contribution in [3.8, 4) is 11.4 Å². The SMILES string of the molecule is CCOC(=O)C1=C(C)N=c2s/c(=C/c3cc(C)n(-c4ccc(C(=O)OCC)cc4)c3C)c(=O)n2[C@@H]1c1ccccc1OC(C)C. The molecule has 0 unspecified atom stereocenters. The van der Waals surface area contributed by atoms with Gasteiger partial charge in [-0.05, 0) is 96.5 Å². The monoisotopic (exact) mass is 627 g/mol. The molecular formula is C35H37N3O6S. The van der Waals surface area contributed by atoms with Gasteiger partial charge in [-0.3, -0.25) is 9.36 Å². The van der Waals surface area contributed by atoms with Gasteiger partial charge < -0.3 is 18.8 Å². The molecular weight excluding hydrogens is 590 g/mol. The smallest absolute Gasteiger partial charge is 0.338 e. The summed E-state index contributed by atoms with van der Waals surface area (Å²) >= 11 is 1.28. The zero-order valence-corrected chi connectivity index (χ0v) is 27.4. The molecule has 5 rings (SSSR count). The Bertz CT molecular complexity index is 1980. The fourth-order valence-corrected chi connectivity index (χ4v) is 6.62. The molecule has 0 bridgehead atoms. The number of benzene rings is 2. The summed E-state index contributed by atoms with van der Waals surface area (Å²) in [4.78, 5) is 44.9. The highest BCUT2D eigenvalue weighted by Crippen LogP contribution is 2.36. The van der Waals surface area contributed by atoms with E-state index in [1.54, 1.807) is 37.5 Å². The van der Waals surface area contributed by atoms with Gasteiger partial charge in [-0.15, -0.1) is 0 Å². The van der Waals surface area contributed by atoms with Gasteiger partial charge in [0, 0.05) is 22.6 Å². The standard InChI is InChI=1S/C35H37N3O6S/c1-8-42-33(40)24-14-16-26(17-15-24)37-21(5)18-25(23(37)7)19-29-32(39)38-31(27-12-10-11-13-28(27)44-20(3)4)30(34(41)43-9-2)22(6)36-35(38)45-29/h10-20,31H,8-9H2,1-7H3/b29-19+/t31-/m1/s1. The quantitative estimate of drug-likeness (QED) is 0.238. The Labute approximate surface area is 265 Å². The Morgan fingerprint density at radius 2 is 1.64 bits per heavy atom. The maximum atomic E-state index is 14.2. The Hall–Kier alpha value is -4.70.